The first-order chi connectivity index (χ1) is 8.18. The Morgan fingerprint density at radius 1 is 1.71 bits per heavy atom. The third kappa shape index (κ3) is 2.72. The van der Waals surface area contributed by atoms with E-state index >= 15 is 0 Å². The van der Waals surface area contributed by atoms with E-state index in [-0.39, 0.29) is 5.91 Å². The number of carbonyl (C=O) groups is 1. The molecule has 0 bridgehead atoms. The Morgan fingerprint density at radius 3 is 3.12 bits per heavy atom. The average molecular weight is 250 g/mol. The second-order valence-electron chi connectivity index (χ2n) is 3.67. The number of nitrogens with one attached hydrogen (secondary N) is 1. The van der Waals surface area contributed by atoms with Gasteiger partial charge in [-0.15, -0.1) is 11.3 Å². The summed E-state index contributed by atoms with van der Waals surface area (Å²) in [6.45, 7) is 0.390. The molecular weight excluding hydrogens is 236 g/mol. The Kier molecular flexibility index (Phi) is 3.55. The molecule has 0 fully saturated rings. The van der Waals surface area contributed by atoms with Crippen LogP contribution in [0.5, 0.6) is 0 Å². The molecule has 0 aliphatic heterocycles. The molecule has 0 saturated heterocycles. The largest absolute Gasteiger partial charge is 0.347 e. The van der Waals surface area contributed by atoms with Gasteiger partial charge in [0, 0.05) is 24.3 Å². The van der Waals surface area contributed by atoms with E-state index in [1.165, 1.54) is 11.3 Å². The number of rotatable bonds is 4. The maximum atomic E-state index is 11.8. The number of amides is 1. The van der Waals surface area contributed by atoms with Crippen molar-refractivity contribution in [2.75, 3.05) is 0 Å². The highest BCUT2D eigenvalue weighted by molar-refractivity contribution is 7.10. The highest BCUT2D eigenvalue weighted by Crippen LogP contribution is 2.16. The average Bonchev–Trinajstić information content (AvgIpc) is 2.96. The molecule has 3 N–H and O–H groups in total. The van der Waals surface area contributed by atoms with Crippen LogP contribution in [-0.4, -0.2) is 15.5 Å². The summed E-state index contributed by atoms with van der Waals surface area (Å²) in [5, 5.41) is 4.68. The van der Waals surface area contributed by atoms with Crippen molar-refractivity contribution >= 4 is 17.2 Å². The van der Waals surface area contributed by atoms with Gasteiger partial charge in [-0.3, -0.25) is 4.79 Å². The minimum Gasteiger partial charge on any atom is -0.347 e. The van der Waals surface area contributed by atoms with Crippen LogP contribution in [0.3, 0.4) is 0 Å². The maximum absolute atomic E-state index is 11.8. The summed E-state index contributed by atoms with van der Waals surface area (Å²) < 4.78 is 1.86. The third-order valence-corrected chi connectivity index (χ3v) is 3.43. The van der Waals surface area contributed by atoms with Gasteiger partial charge in [-0.05, 0) is 11.4 Å². The molecule has 1 atom stereocenters. The van der Waals surface area contributed by atoms with Crippen molar-refractivity contribution in [2.24, 2.45) is 12.8 Å². The maximum Gasteiger partial charge on any atom is 0.242 e. The summed E-state index contributed by atoms with van der Waals surface area (Å²) in [4.78, 5) is 16.8. The molecule has 0 radical (unpaired) electrons. The van der Waals surface area contributed by atoms with Crippen LogP contribution in [0.1, 0.15) is 16.7 Å². The summed E-state index contributed by atoms with van der Waals surface area (Å²) in [6, 6.07) is 3.14. The second-order valence-corrected chi connectivity index (χ2v) is 4.64. The van der Waals surface area contributed by atoms with Crippen LogP contribution in [0.25, 0.3) is 0 Å². The van der Waals surface area contributed by atoms with Gasteiger partial charge in [0.05, 0.1) is 6.54 Å². The lowest BCUT2D eigenvalue weighted by Gasteiger charge is -2.10. The molecule has 0 aromatic carbocycles. The number of nitrogens with two attached hydrogens (primary N) is 1. The van der Waals surface area contributed by atoms with Crippen molar-refractivity contribution in [3.8, 4) is 0 Å². The Morgan fingerprint density at radius 2 is 2.53 bits per heavy atom. The van der Waals surface area contributed by atoms with Gasteiger partial charge in [-0.1, -0.05) is 6.07 Å². The van der Waals surface area contributed by atoms with Gasteiger partial charge in [0.15, 0.2) is 0 Å². The van der Waals surface area contributed by atoms with Crippen molar-refractivity contribution < 1.29 is 4.79 Å². The number of aryl methyl sites for hydroxylation is 1. The number of hydrogen-bond donors (Lipinski definition) is 2. The molecule has 2 rings (SSSR count). The van der Waals surface area contributed by atoms with E-state index in [1.807, 2.05) is 35.3 Å². The van der Waals surface area contributed by atoms with Crippen molar-refractivity contribution in [1.82, 2.24) is 14.9 Å². The fourth-order valence-corrected chi connectivity index (χ4v) is 2.17. The number of imidazole rings is 1. The van der Waals surface area contributed by atoms with E-state index in [0.29, 0.717) is 6.54 Å². The zero-order valence-electron chi connectivity index (χ0n) is 9.46. The monoisotopic (exact) mass is 250 g/mol. The van der Waals surface area contributed by atoms with Crippen LogP contribution < -0.4 is 11.1 Å². The normalized spacial score (nSPS) is 12.4. The summed E-state index contributed by atoms with van der Waals surface area (Å²) in [6.07, 6.45) is 3.53. The summed E-state index contributed by atoms with van der Waals surface area (Å²) >= 11 is 1.48. The van der Waals surface area contributed by atoms with Crippen LogP contribution in [0.15, 0.2) is 29.9 Å². The number of nitrogens with zero attached hydrogens (tertiary/aromatic N) is 2. The second kappa shape index (κ2) is 5.11. The van der Waals surface area contributed by atoms with Gasteiger partial charge in [0.25, 0.3) is 0 Å². The molecular formula is C11H14N4OS. The van der Waals surface area contributed by atoms with Crippen molar-refractivity contribution in [1.29, 1.82) is 0 Å². The lowest BCUT2D eigenvalue weighted by atomic mass is 10.2. The Labute approximate surface area is 103 Å². The summed E-state index contributed by atoms with van der Waals surface area (Å²) in [5.41, 5.74) is 5.83. The van der Waals surface area contributed by atoms with Crippen LogP contribution in [0, 0.1) is 0 Å². The van der Waals surface area contributed by atoms with E-state index < -0.39 is 6.04 Å². The van der Waals surface area contributed by atoms with Crippen LogP contribution in [0.2, 0.25) is 0 Å². The van der Waals surface area contributed by atoms with Crippen LogP contribution >= 0.6 is 11.3 Å². The Balaban J connectivity index is 1.92. The van der Waals surface area contributed by atoms with Crippen molar-refractivity contribution in [3.63, 3.8) is 0 Å². The van der Waals surface area contributed by atoms with E-state index in [2.05, 4.69) is 10.3 Å². The van der Waals surface area contributed by atoms with Crippen LogP contribution in [-0.2, 0) is 18.4 Å². The highest BCUT2D eigenvalue weighted by Gasteiger charge is 2.16. The van der Waals surface area contributed by atoms with E-state index in [4.69, 9.17) is 5.73 Å². The minimum atomic E-state index is -0.602. The fraction of sp³-hybridized carbons (Fsp3) is 0.273. The molecule has 2 heterocycles. The first kappa shape index (κ1) is 11.8. The molecule has 6 heteroatoms. The predicted molar refractivity (Wildman–Crippen MR) is 66.3 cm³/mol. The quantitative estimate of drug-likeness (QED) is 0.843. The van der Waals surface area contributed by atoms with Crippen molar-refractivity contribution in [3.05, 3.63) is 40.6 Å². The van der Waals surface area contributed by atoms with E-state index in [1.54, 1.807) is 6.20 Å². The minimum absolute atomic E-state index is 0.185. The molecule has 0 spiro atoms. The lowest BCUT2D eigenvalue weighted by Crippen LogP contribution is -2.33. The molecule has 17 heavy (non-hydrogen) atoms. The number of hydrogen-bond acceptors (Lipinski definition) is 4. The smallest absolute Gasteiger partial charge is 0.242 e. The number of thiophene rings is 1. The number of carbonyl (C=O) groups excluding carboxylic acids is 1. The fourth-order valence-electron chi connectivity index (χ4n) is 1.44. The molecule has 0 aliphatic carbocycles. The Hall–Kier alpha value is -1.66. The molecule has 90 valence electrons. The molecule has 2 aromatic rings. The molecule has 0 aliphatic rings. The molecule has 5 nitrogen and oxygen atoms in total. The van der Waals surface area contributed by atoms with Gasteiger partial charge in [-0.2, -0.15) is 0 Å². The highest BCUT2D eigenvalue weighted by atomic mass is 32.1. The lowest BCUT2D eigenvalue weighted by molar-refractivity contribution is -0.122. The van der Waals surface area contributed by atoms with Crippen molar-refractivity contribution in [2.45, 2.75) is 12.6 Å². The molecule has 2 aromatic heterocycles. The van der Waals surface area contributed by atoms with Gasteiger partial charge >= 0.3 is 0 Å². The number of aromatic nitrogens is 2. The molecule has 0 saturated carbocycles. The zero-order chi connectivity index (χ0) is 12.3. The topological polar surface area (TPSA) is 72.9 Å². The third-order valence-electron chi connectivity index (χ3n) is 2.47. The summed E-state index contributed by atoms with van der Waals surface area (Å²) in [5.74, 6) is 0.618. The standard InChI is InChI=1S/C11H14N4OS/c1-15-5-4-13-9(15)7-14-11(16)10(12)8-3-2-6-17-8/h2-6,10H,7,12H2,1H3,(H,14,16). The van der Waals surface area contributed by atoms with Gasteiger partial charge in [0.2, 0.25) is 5.91 Å². The predicted octanol–water partition coefficient (Wildman–Crippen LogP) is 0.798. The molecule has 1 unspecified atom stereocenters. The SMILES string of the molecule is Cn1ccnc1CNC(=O)C(N)c1cccs1. The van der Waals surface area contributed by atoms with Gasteiger partial charge < -0.3 is 15.6 Å². The molecule has 1 amide bonds. The first-order valence-corrected chi connectivity index (χ1v) is 6.09. The van der Waals surface area contributed by atoms with E-state index in [9.17, 15) is 4.79 Å². The Bertz CT molecular complexity index is 491. The van der Waals surface area contributed by atoms with Gasteiger partial charge in [-0.25, -0.2) is 4.98 Å². The zero-order valence-corrected chi connectivity index (χ0v) is 10.3. The van der Waals surface area contributed by atoms with Crippen LogP contribution in [0.4, 0.5) is 0 Å². The van der Waals surface area contributed by atoms with E-state index in [0.717, 1.165) is 10.7 Å². The first-order valence-electron chi connectivity index (χ1n) is 5.21. The van der Waals surface area contributed by atoms with Gasteiger partial charge in [0.1, 0.15) is 11.9 Å². The summed E-state index contributed by atoms with van der Waals surface area (Å²) in [7, 11) is 1.88.